The smallest absolute Gasteiger partial charge is 0.137 e. The third-order valence-corrected chi connectivity index (χ3v) is 4.34. The first kappa shape index (κ1) is 16.5. The minimum atomic E-state index is -0.274. The molecular formula is C16H16Br2FNO. The summed E-state index contributed by atoms with van der Waals surface area (Å²) in [5, 5.41) is 0. The van der Waals surface area contributed by atoms with E-state index < -0.39 is 0 Å². The first-order chi connectivity index (χ1) is 9.97. The highest BCUT2D eigenvalue weighted by Gasteiger charge is 2.11. The van der Waals surface area contributed by atoms with E-state index in [1.165, 1.54) is 12.1 Å². The van der Waals surface area contributed by atoms with Crippen molar-refractivity contribution in [1.29, 1.82) is 0 Å². The van der Waals surface area contributed by atoms with Crippen molar-refractivity contribution >= 4 is 31.9 Å². The summed E-state index contributed by atoms with van der Waals surface area (Å²) in [4.78, 5) is 0. The van der Waals surface area contributed by atoms with Crippen LogP contribution in [0.1, 0.15) is 18.1 Å². The van der Waals surface area contributed by atoms with Crippen molar-refractivity contribution in [3.63, 3.8) is 0 Å². The zero-order chi connectivity index (χ0) is 15.4. The van der Waals surface area contributed by atoms with Crippen LogP contribution < -0.4 is 10.5 Å². The van der Waals surface area contributed by atoms with Crippen LogP contribution in [0.5, 0.6) is 5.75 Å². The summed E-state index contributed by atoms with van der Waals surface area (Å²) < 4.78 is 20.6. The standard InChI is InChI=1S/C16H16Br2FNO/c1-10(20)7-11-3-2-4-14(17)16(11)21-9-12-5-6-13(19)8-15(12)18/h2-6,8,10H,7,9,20H2,1H3. The molecule has 0 spiro atoms. The molecule has 0 bridgehead atoms. The Labute approximate surface area is 140 Å². The van der Waals surface area contributed by atoms with Crippen molar-refractivity contribution in [2.24, 2.45) is 5.73 Å². The van der Waals surface area contributed by atoms with Crippen LogP contribution in [0.15, 0.2) is 45.3 Å². The van der Waals surface area contributed by atoms with Gasteiger partial charge in [0.05, 0.1) is 4.47 Å². The first-order valence-electron chi connectivity index (χ1n) is 6.57. The summed E-state index contributed by atoms with van der Waals surface area (Å²) in [6.07, 6.45) is 0.735. The van der Waals surface area contributed by atoms with Crippen molar-refractivity contribution in [2.45, 2.75) is 26.0 Å². The van der Waals surface area contributed by atoms with E-state index in [0.29, 0.717) is 11.1 Å². The Morgan fingerprint density at radius 3 is 2.57 bits per heavy atom. The number of para-hydroxylation sites is 1. The van der Waals surface area contributed by atoms with Crippen LogP contribution in [0.25, 0.3) is 0 Å². The Bertz CT molecular complexity index is 632. The Kier molecular flexibility index (Phi) is 5.79. The van der Waals surface area contributed by atoms with E-state index in [0.717, 1.165) is 27.8 Å². The maximum Gasteiger partial charge on any atom is 0.137 e. The van der Waals surface area contributed by atoms with Crippen LogP contribution in [-0.4, -0.2) is 6.04 Å². The van der Waals surface area contributed by atoms with Crippen LogP contribution in [0.2, 0.25) is 0 Å². The molecular weight excluding hydrogens is 401 g/mol. The lowest BCUT2D eigenvalue weighted by atomic mass is 10.1. The summed E-state index contributed by atoms with van der Waals surface area (Å²) in [7, 11) is 0. The normalized spacial score (nSPS) is 12.2. The van der Waals surface area contributed by atoms with Crippen LogP contribution >= 0.6 is 31.9 Å². The van der Waals surface area contributed by atoms with E-state index in [-0.39, 0.29) is 11.9 Å². The number of benzene rings is 2. The maximum atomic E-state index is 13.1. The fourth-order valence-corrected chi connectivity index (χ4v) is 3.00. The van der Waals surface area contributed by atoms with Crippen LogP contribution in [0.3, 0.4) is 0 Å². The first-order valence-corrected chi connectivity index (χ1v) is 8.15. The molecule has 0 aliphatic carbocycles. The van der Waals surface area contributed by atoms with Crippen molar-refractivity contribution in [3.8, 4) is 5.75 Å². The second kappa shape index (κ2) is 7.38. The molecule has 0 saturated carbocycles. The van der Waals surface area contributed by atoms with Gasteiger partial charge in [-0.2, -0.15) is 0 Å². The van der Waals surface area contributed by atoms with E-state index in [1.54, 1.807) is 6.07 Å². The van der Waals surface area contributed by atoms with Gasteiger partial charge in [-0.25, -0.2) is 4.39 Å². The number of nitrogens with two attached hydrogens (primary N) is 1. The molecule has 0 saturated heterocycles. The second-order valence-corrected chi connectivity index (χ2v) is 6.64. The topological polar surface area (TPSA) is 35.2 Å². The number of hydrogen-bond acceptors (Lipinski definition) is 2. The predicted molar refractivity (Wildman–Crippen MR) is 89.9 cm³/mol. The highest BCUT2D eigenvalue weighted by Crippen LogP contribution is 2.31. The minimum Gasteiger partial charge on any atom is -0.487 e. The van der Waals surface area contributed by atoms with E-state index >= 15 is 0 Å². The average molecular weight is 417 g/mol. The molecule has 2 aromatic rings. The summed E-state index contributed by atoms with van der Waals surface area (Å²) >= 11 is 6.85. The molecule has 0 heterocycles. The molecule has 1 atom stereocenters. The van der Waals surface area contributed by atoms with Gasteiger partial charge in [-0.3, -0.25) is 0 Å². The lowest BCUT2D eigenvalue weighted by Gasteiger charge is -2.15. The zero-order valence-electron chi connectivity index (χ0n) is 11.6. The van der Waals surface area contributed by atoms with Crippen molar-refractivity contribution in [2.75, 3.05) is 0 Å². The monoisotopic (exact) mass is 415 g/mol. The van der Waals surface area contributed by atoms with E-state index in [1.807, 2.05) is 25.1 Å². The van der Waals surface area contributed by atoms with Gasteiger partial charge in [0.2, 0.25) is 0 Å². The molecule has 21 heavy (non-hydrogen) atoms. The van der Waals surface area contributed by atoms with E-state index in [4.69, 9.17) is 10.5 Å². The van der Waals surface area contributed by atoms with Crippen molar-refractivity contribution in [1.82, 2.24) is 0 Å². The van der Waals surface area contributed by atoms with Gasteiger partial charge in [-0.1, -0.05) is 34.1 Å². The maximum absolute atomic E-state index is 13.1. The molecule has 5 heteroatoms. The van der Waals surface area contributed by atoms with Crippen LogP contribution in [0, 0.1) is 5.82 Å². The molecule has 1 unspecified atom stereocenters. The van der Waals surface area contributed by atoms with Gasteiger partial charge >= 0.3 is 0 Å². The lowest BCUT2D eigenvalue weighted by Crippen LogP contribution is -2.18. The van der Waals surface area contributed by atoms with Gasteiger partial charge in [-0.05, 0) is 53.0 Å². The molecule has 0 amide bonds. The number of halogens is 3. The molecule has 2 aromatic carbocycles. The Hall–Kier alpha value is -0.910. The van der Waals surface area contributed by atoms with E-state index in [9.17, 15) is 4.39 Å². The highest BCUT2D eigenvalue weighted by atomic mass is 79.9. The van der Waals surface area contributed by atoms with Crippen LogP contribution in [0.4, 0.5) is 4.39 Å². The summed E-state index contributed by atoms with van der Waals surface area (Å²) in [6, 6.07) is 10.5. The summed E-state index contributed by atoms with van der Waals surface area (Å²) in [5.41, 5.74) is 7.81. The van der Waals surface area contributed by atoms with Gasteiger partial charge in [0.25, 0.3) is 0 Å². The molecule has 2 N–H and O–H groups in total. The zero-order valence-corrected chi connectivity index (χ0v) is 14.7. The number of rotatable bonds is 5. The second-order valence-electron chi connectivity index (χ2n) is 4.93. The number of hydrogen-bond donors (Lipinski definition) is 1. The van der Waals surface area contributed by atoms with Crippen LogP contribution in [-0.2, 0) is 13.0 Å². The SMILES string of the molecule is CC(N)Cc1cccc(Br)c1OCc1ccc(F)cc1Br. The van der Waals surface area contributed by atoms with Gasteiger partial charge in [0, 0.05) is 16.1 Å². The highest BCUT2D eigenvalue weighted by molar-refractivity contribution is 9.10. The Balaban J connectivity index is 2.19. The lowest BCUT2D eigenvalue weighted by molar-refractivity contribution is 0.299. The molecule has 0 aliphatic rings. The average Bonchev–Trinajstić information content (AvgIpc) is 2.39. The largest absolute Gasteiger partial charge is 0.487 e. The van der Waals surface area contributed by atoms with Crippen molar-refractivity contribution in [3.05, 3.63) is 62.3 Å². The van der Waals surface area contributed by atoms with Gasteiger partial charge in [0.15, 0.2) is 0 Å². The fourth-order valence-electron chi connectivity index (χ4n) is 2.01. The molecule has 2 nitrogen and oxygen atoms in total. The Morgan fingerprint density at radius 2 is 1.90 bits per heavy atom. The fraction of sp³-hybridized carbons (Fsp3) is 0.250. The molecule has 0 radical (unpaired) electrons. The molecule has 0 aromatic heterocycles. The quantitative estimate of drug-likeness (QED) is 0.758. The van der Waals surface area contributed by atoms with Gasteiger partial charge < -0.3 is 10.5 Å². The number of ether oxygens (including phenoxy) is 1. The summed E-state index contributed by atoms with van der Waals surface area (Å²) in [6.45, 7) is 2.32. The third-order valence-electron chi connectivity index (χ3n) is 2.98. The molecule has 0 fully saturated rings. The van der Waals surface area contributed by atoms with Gasteiger partial charge in [-0.15, -0.1) is 0 Å². The van der Waals surface area contributed by atoms with Crippen molar-refractivity contribution < 1.29 is 9.13 Å². The minimum absolute atomic E-state index is 0.0548. The van der Waals surface area contributed by atoms with Gasteiger partial charge in [0.1, 0.15) is 18.2 Å². The summed E-state index contributed by atoms with van der Waals surface area (Å²) in [5.74, 6) is 0.509. The molecule has 2 rings (SSSR count). The molecule has 0 aliphatic heterocycles. The Morgan fingerprint density at radius 1 is 1.14 bits per heavy atom. The third kappa shape index (κ3) is 4.53. The predicted octanol–water partition coefficient (Wildman–Crippen LogP) is 4.82. The molecule has 112 valence electrons. The van der Waals surface area contributed by atoms with E-state index in [2.05, 4.69) is 31.9 Å².